The number of unbranched alkanes of at least 4 members (excludes halogenated alkanes) is 1. The van der Waals surface area contributed by atoms with E-state index in [-0.39, 0.29) is 29.8 Å². The molecule has 0 aromatic carbocycles. The molecule has 0 spiro atoms. The van der Waals surface area contributed by atoms with Crippen LogP contribution < -0.4 is 5.32 Å². The molecule has 3 unspecified atom stereocenters. The van der Waals surface area contributed by atoms with Gasteiger partial charge in [0.15, 0.2) is 0 Å². The number of nitrogens with one attached hydrogen (secondary N) is 1. The Hall–Kier alpha value is -0.710. The van der Waals surface area contributed by atoms with Gasteiger partial charge < -0.3 is 10.2 Å². The predicted octanol–water partition coefficient (Wildman–Crippen LogP) is 2.28. The summed E-state index contributed by atoms with van der Waals surface area (Å²) in [6.07, 6.45) is 5.75. The van der Waals surface area contributed by atoms with Crippen LogP contribution in [0.1, 0.15) is 46.5 Å². The fourth-order valence-corrected chi connectivity index (χ4v) is 3.10. The van der Waals surface area contributed by atoms with E-state index < -0.39 is 0 Å². The smallest absolute Gasteiger partial charge is 0.246 e. The van der Waals surface area contributed by atoms with Crippen molar-refractivity contribution in [3.63, 3.8) is 0 Å². The van der Waals surface area contributed by atoms with Gasteiger partial charge in [0, 0.05) is 6.54 Å². The first-order valence-corrected chi connectivity index (χ1v) is 9.05. The highest BCUT2D eigenvalue weighted by Gasteiger charge is 2.40. The molecule has 1 saturated heterocycles. The molecule has 0 radical (unpaired) electrons. The summed E-state index contributed by atoms with van der Waals surface area (Å²) in [5, 5.41) is 2.92. The van der Waals surface area contributed by atoms with Gasteiger partial charge in [-0.2, -0.15) is 11.8 Å². The molecule has 0 bridgehead atoms. The molecule has 0 saturated carbocycles. The molecule has 0 aromatic heterocycles. The highest BCUT2D eigenvalue weighted by Crippen LogP contribution is 2.20. The lowest BCUT2D eigenvalue weighted by molar-refractivity contribution is -0.151. The van der Waals surface area contributed by atoms with Gasteiger partial charge in [-0.15, -0.1) is 0 Å². The third-order valence-corrected chi connectivity index (χ3v) is 4.82. The second-order valence-electron chi connectivity index (χ2n) is 5.53. The van der Waals surface area contributed by atoms with E-state index in [9.17, 15) is 9.59 Å². The maximum absolute atomic E-state index is 12.6. The second kappa shape index (κ2) is 8.55. The molecule has 116 valence electrons. The van der Waals surface area contributed by atoms with Gasteiger partial charge in [0.1, 0.15) is 12.1 Å². The van der Waals surface area contributed by atoms with Crippen LogP contribution in [0, 0.1) is 5.92 Å². The van der Waals surface area contributed by atoms with Gasteiger partial charge in [0.05, 0.1) is 0 Å². The number of carbonyl (C=O) groups excluding carboxylic acids is 2. The summed E-state index contributed by atoms with van der Waals surface area (Å²) in [7, 11) is 0. The monoisotopic (exact) mass is 300 g/mol. The lowest BCUT2D eigenvalue weighted by Gasteiger charge is -2.40. The summed E-state index contributed by atoms with van der Waals surface area (Å²) in [6, 6.07) is -0.618. The third kappa shape index (κ3) is 4.14. The van der Waals surface area contributed by atoms with Crippen molar-refractivity contribution < 1.29 is 9.59 Å². The Morgan fingerprint density at radius 2 is 2.00 bits per heavy atom. The molecule has 0 aromatic rings. The van der Waals surface area contributed by atoms with Crippen molar-refractivity contribution in [1.29, 1.82) is 0 Å². The molecule has 3 atom stereocenters. The first-order chi connectivity index (χ1) is 9.56. The highest BCUT2D eigenvalue weighted by atomic mass is 32.2. The number of hydrogen-bond acceptors (Lipinski definition) is 3. The minimum Gasteiger partial charge on any atom is -0.342 e. The minimum atomic E-state index is -0.337. The van der Waals surface area contributed by atoms with Gasteiger partial charge in [0.2, 0.25) is 11.8 Å². The summed E-state index contributed by atoms with van der Waals surface area (Å²) >= 11 is 1.82. The molecule has 1 N–H and O–H groups in total. The fourth-order valence-electron chi connectivity index (χ4n) is 2.61. The third-order valence-electron chi connectivity index (χ3n) is 4.12. The number of piperazine rings is 1. The van der Waals surface area contributed by atoms with Crippen molar-refractivity contribution in [3.8, 4) is 0 Å². The molecule has 1 aliphatic rings. The molecule has 5 heteroatoms. The quantitative estimate of drug-likeness (QED) is 0.700. The van der Waals surface area contributed by atoms with Crippen LogP contribution in [-0.2, 0) is 9.59 Å². The summed E-state index contributed by atoms with van der Waals surface area (Å²) in [5.74, 6) is 1.43. The summed E-state index contributed by atoms with van der Waals surface area (Å²) in [6.45, 7) is 6.76. The topological polar surface area (TPSA) is 49.4 Å². The molecule has 1 fully saturated rings. The van der Waals surface area contributed by atoms with E-state index in [1.807, 2.05) is 30.5 Å². The highest BCUT2D eigenvalue weighted by molar-refractivity contribution is 7.98. The van der Waals surface area contributed by atoms with Crippen molar-refractivity contribution in [1.82, 2.24) is 10.2 Å². The second-order valence-corrected chi connectivity index (χ2v) is 6.51. The molecule has 20 heavy (non-hydrogen) atoms. The van der Waals surface area contributed by atoms with E-state index >= 15 is 0 Å². The van der Waals surface area contributed by atoms with E-state index in [4.69, 9.17) is 0 Å². The van der Waals surface area contributed by atoms with Crippen molar-refractivity contribution in [2.24, 2.45) is 5.92 Å². The summed E-state index contributed by atoms with van der Waals surface area (Å²) in [4.78, 5) is 26.6. The SMILES string of the molecule is CCC(C)C1NC(=O)C(CC)N(CCCCSC)C1=O. The Bertz CT molecular complexity index is 336. The average molecular weight is 300 g/mol. The summed E-state index contributed by atoms with van der Waals surface area (Å²) < 4.78 is 0. The van der Waals surface area contributed by atoms with Crippen LogP contribution in [0.5, 0.6) is 0 Å². The van der Waals surface area contributed by atoms with Crippen LogP contribution in [0.25, 0.3) is 0 Å². The van der Waals surface area contributed by atoms with Crippen molar-refractivity contribution in [2.45, 2.75) is 58.5 Å². The zero-order valence-electron chi connectivity index (χ0n) is 13.1. The Labute approximate surface area is 127 Å². The van der Waals surface area contributed by atoms with E-state index in [2.05, 4.69) is 18.5 Å². The first-order valence-electron chi connectivity index (χ1n) is 7.66. The van der Waals surface area contributed by atoms with Gasteiger partial charge in [-0.05, 0) is 37.2 Å². The van der Waals surface area contributed by atoms with E-state index in [1.54, 1.807) is 0 Å². The minimum absolute atomic E-state index is 0.0160. The number of amides is 2. The van der Waals surface area contributed by atoms with Gasteiger partial charge in [0.25, 0.3) is 0 Å². The Morgan fingerprint density at radius 3 is 2.55 bits per heavy atom. The standard InChI is InChI=1S/C15H28N2O2S/c1-5-11(3)13-15(19)17(9-7-8-10-20-4)12(6-2)14(18)16-13/h11-13H,5-10H2,1-4H3,(H,16,18). The Kier molecular flexibility index (Phi) is 7.41. The van der Waals surface area contributed by atoms with Gasteiger partial charge in [-0.1, -0.05) is 27.2 Å². The van der Waals surface area contributed by atoms with Crippen molar-refractivity contribution in [3.05, 3.63) is 0 Å². The Morgan fingerprint density at radius 1 is 1.30 bits per heavy atom. The molecule has 4 nitrogen and oxygen atoms in total. The van der Waals surface area contributed by atoms with E-state index in [0.29, 0.717) is 13.0 Å². The zero-order chi connectivity index (χ0) is 15.1. The molecular formula is C15H28N2O2S. The van der Waals surface area contributed by atoms with E-state index in [0.717, 1.165) is 25.0 Å². The van der Waals surface area contributed by atoms with Crippen LogP contribution in [0.4, 0.5) is 0 Å². The maximum atomic E-state index is 12.6. The molecular weight excluding hydrogens is 272 g/mol. The normalized spacial score (nSPS) is 24.7. The predicted molar refractivity (Wildman–Crippen MR) is 84.8 cm³/mol. The van der Waals surface area contributed by atoms with Gasteiger partial charge >= 0.3 is 0 Å². The lowest BCUT2D eigenvalue weighted by Crippen LogP contribution is -2.64. The van der Waals surface area contributed by atoms with Crippen molar-refractivity contribution >= 4 is 23.6 Å². The molecule has 1 rings (SSSR count). The Balaban J connectivity index is 2.73. The summed E-state index contributed by atoms with van der Waals surface area (Å²) in [5.41, 5.74) is 0. The van der Waals surface area contributed by atoms with E-state index in [1.165, 1.54) is 0 Å². The fraction of sp³-hybridized carbons (Fsp3) is 0.867. The van der Waals surface area contributed by atoms with Crippen LogP contribution in [0.15, 0.2) is 0 Å². The average Bonchev–Trinajstić information content (AvgIpc) is 2.45. The van der Waals surface area contributed by atoms with Crippen LogP contribution in [0.3, 0.4) is 0 Å². The molecule has 2 amide bonds. The van der Waals surface area contributed by atoms with Gasteiger partial charge in [-0.25, -0.2) is 0 Å². The molecule has 0 aliphatic carbocycles. The van der Waals surface area contributed by atoms with Crippen LogP contribution >= 0.6 is 11.8 Å². The van der Waals surface area contributed by atoms with Crippen LogP contribution in [-0.4, -0.2) is 47.4 Å². The first kappa shape index (κ1) is 17.3. The van der Waals surface area contributed by atoms with Crippen LogP contribution in [0.2, 0.25) is 0 Å². The molecule has 1 heterocycles. The number of thioether (sulfide) groups is 1. The largest absolute Gasteiger partial charge is 0.342 e. The maximum Gasteiger partial charge on any atom is 0.246 e. The van der Waals surface area contributed by atoms with Gasteiger partial charge in [-0.3, -0.25) is 9.59 Å². The number of carbonyl (C=O) groups is 2. The molecule has 1 aliphatic heterocycles. The zero-order valence-corrected chi connectivity index (χ0v) is 14.0. The number of nitrogens with zero attached hydrogens (tertiary/aromatic N) is 1. The lowest BCUT2D eigenvalue weighted by atomic mass is 9.93. The van der Waals surface area contributed by atoms with Crippen molar-refractivity contribution in [2.75, 3.05) is 18.6 Å². The number of hydrogen-bond donors (Lipinski definition) is 1. The number of rotatable bonds is 8.